The van der Waals surface area contributed by atoms with Gasteiger partial charge in [-0.2, -0.15) is 0 Å². The van der Waals surface area contributed by atoms with Crippen LogP contribution in [-0.4, -0.2) is 43.6 Å². The molecule has 0 aliphatic rings. The molecule has 0 aliphatic carbocycles. The van der Waals surface area contributed by atoms with Gasteiger partial charge in [0.05, 0.1) is 6.54 Å². The van der Waals surface area contributed by atoms with Crippen molar-refractivity contribution in [3.05, 3.63) is 11.4 Å². The average Bonchev–Trinajstić information content (AvgIpc) is 2.38. The van der Waals surface area contributed by atoms with Crippen LogP contribution in [0.25, 0.3) is 0 Å². The Balaban J connectivity index is 3.17. The van der Waals surface area contributed by atoms with Crippen LogP contribution in [-0.2, 0) is 4.79 Å². The first kappa shape index (κ1) is 15.2. The van der Waals surface area contributed by atoms with Crippen molar-refractivity contribution in [3.63, 3.8) is 0 Å². The van der Waals surface area contributed by atoms with Gasteiger partial charge in [0.1, 0.15) is 17.5 Å². The van der Waals surface area contributed by atoms with E-state index in [1.165, 1.54) is 0 Å². The minimum Gasteiger partial charge on any atom is -0.373 e. The number of aromatic nitrogens is 2. The van der Waals surface area contributed by atoms with E-state index in [1.54, 1.807) is 7.05 Å². The normalized spacial score (nSPS) is 10.5. The number of hydrogen-bond acceptors (Lipinski definition) is 5. The fourth-order valence-electron chi connectivity index (χ4n) is 1.76. The van der Waals surface area contributed by atoms with E-state index in [2.05, 4.69) is 20.6 Å². The number of nitrogens with one attached hydrogen (secondary N) is 2. The maximum absolute atomic E-state index is 11.5. The zero-order valence-electron chi connectivity index (χ0n) is 12.5. The standard InChI is InChI=1S/C13H23N5O/c1-8(2)11-16-12(15-5)9(3)13(17-11)18(6)7-10(19)14-4/h8H,7H2,1-6H3,(H,14,19)(H,15,16,17). The summed E-state index contributed by atoms with van der Waals surface area (Å²) in [6.07, 6.45) is 0. The third kappa shape index (κ3) is 3.56. The van der Waals surface area contributed by atoms with Gasteiger partial charge in [0.25, 0.3) is 0 Å². The van der Waals surface area contributed by atoms with Gasteiger partial charge in [-0.25, -0.2) is 9.97 Å². The maximum atomic E-state index is 11.5. The highest BCUT2D eigenvalue weighted by Gasteiger charge is 2.16. The molecule has 19 heavy (non-hydrogen) atoms. The van der Waals surface area contributed by atoms with Crippen molar-refractivity contribution < 1.29 is 4.79 Å². The summed E-state index contributed by atoms with van der Waals surface area (Å²) < 4.78 is 0. The predicted molar refractivity (Wildman–Crippen MR) is 77.7 cm³/mol. The minimum atomic E-state index is -0.0439. The number of amides is 1. The summed E-state index contributed by atoms with van der Waals surface area (Å²) in [5.74, 6) is 2.55. The lowest BCUT2D eigenvalue weighted by atomic mass is 10.2. The van der Waals surface area contributed by atoms with E-state index in [0.29, 0.717) is 0 Å². The van der Waals surface area contributed by atoms with Crippen LogP contribution in [0, 0.1) is 6.92 Å². The van der Waals surface area contributed by atoms with Gasteiger partial charge in [-0.1, -0.05) is 13.8 Å². The number of likely N-dealkylation sites (N-methyl/N-ethyl adjacent to an activating group) is 2. The molecule has 2 N–H and O–H groups in total. The third-order valence-electron chi connectivity index (χ3n) is 2.91. The highest BCUT2D eigenvalue weighted by atomic mass is 16.1. The van der Waals surface area contributed by atoms with Crippen molar-refractivity contribution >= 4 is 17.5 Å². The monoisotopic (exact) mass is 265 g/mol. The second-order valence-corrected chi connectivity index (χ2v) is 4.81. The lowest BCUT2D eigenvalue weighted by Gasteiger charge is -2.22. The number of carbonyl (C=O) groups excluding carboxylic acids is 1. The molecule has 1 amide bonds. The fourth-order valence-corrected chi connectivity index (χ4v) is 1.76. The van der Waals surface area contributed by atoms with Crippen molar-refractivity contribution in [2.24, 2.45) is 0 Å². The molecule has 1 heterocycles. The van der Waals surface area contributed by atoms with E-state index < -0.39 is 0 Å². The highest BCUT2D eigenvalue weighted by Crippen LogP contribution is 2.24. The Morgan fingerprint density at radius 2 is 1.95 bits per heavy atom. The number of nitrogens with zero attached hydrogens (tertiary/aromatic N) is 3. The van der Waals surface area contributed by atoms with Crippen molar-refractivity contribution in [1.82, 2.24) is 15.3 Å². The van der Waals surface area contributed by atoms with Gasteiger partial charge in [0, 0.05) is 32.6 Å². The number of hydrogen-bond donors (Lipinski definition) is 2. The predicted octanol–water partition coefficient (Wildman–Crippen LogP) is 1.13. The van der Waals surface area contributed by atoms with E-state index in [0.717, 1.165) is 23.0 Å². The van der Waals surface area contributed by atoms with Gasteiger partial charge in [-0.15, -0.1) is 0 Å². The van der Waals surface area contributed by atoms with Crippen molar-refractivity contribution in [1.29, 1.82) is 0 Å². The molecule has 0 spiro atoms. The molecule has 0 bridgehead atoms. The van der Waals surface area contributed by atoms with Crippen LogP contribution in [0.3, 0.4) is 0 Å². The first-order valence-electron chi connectivity index (χ1n) is 6.38. The number of rotatable bonds is 5. The molecule has 0 radical (unpaired) electrons. The first-order valence-corrected chi connectivity index (χ1v) is 6.38. The molecule has 1 aromatic rings. The molecule has 1 aromatic heterocycles. The minimum absolute atomic E-state index is 0.0439. The van der Waals surface area contributed by atoms with Gasteiger partial charge in [0.2, 0.25) is 5.91 Å². The number of carbonyl (C=O) groups is 1. The molecule has 6 heteroatoms. The van der Waals surface area contributed by atoms with Crippen LogP contribution >= 0.6 is 0 Å². The largest absolute Gasteiger partial charge is 0.373 e. The third-order valence-corrected chi connectivity index (χ3v) is 2.91. The van der Waals surface area contributed by atoms with Crippen LogP contribution in [0.4, 0.5) is 11.6 Å². The van der Waals surface area contributed by atoms with E-state index >= 15 is 0 Å². The van der Waals surface area contributed by atoms with Crippen LogP contribution in [0.5, 0.6) is 0 Å². The molecule has 0 atom stereocenters. The second-order valence-electron chi connectivity index (χ2n) is 4.81. The highest BCUT2D eigenvalue weighted by molar-refractivity contribution is 5.81. The lowest BCUT2D eigenvalue weighted by Crippen LogP contribution is -2.34. The van der Waals surface area contributed by atoms with Crippen molar-refractivity contribution in [2.45, 2.75) is 26.7 Å². The molecule has 0 aromatic carbocycles. The maximum Gasteiger partial charge on any atom is 0.239 e. The smallest absolute Gasteiger partial charge is 0.239 e. The van der Waals surface area contributed by atoms with Crippen molar-refractivity contribution in [2.75, 3.05) is 37.9 Å². The number of anilines is 2. The molecule has 1 rings (SSSR count). The van der Waals surface area contributed by atoms with Crippen LogP contribution in [0.1, 0.15) is 31.2 Å². The topological polar surface area (TPSA) is 70.2 Å². The van der Waals surface area contributed by atoms with E-state index in [9.17, 15) is 4.79 Å². The molecule has 0 unspecified atom stereocenters. The molecule has 106 valence electrons. The van der Waals surface area contributed by atoms with Gasteiger partial charge in [0.15, 0.2) is 0 Å². The Hall–Kier alpha value is -1.85. The SMILES string of the molecule is CNC(=O)CN(C)c1nc(C(C)C)nc(NC)c1C. The van der Waals surface area contributed by atoms with E-state index in [1.807, 2.05) is 39.8 Å². The molecule has 6 nitrogen and oxygen atoms in total. The molecule has 0 saturated heterocycles. The molecule has 0 aliphatic heterocycles. The second kappa shape index (κ2) is 6.36. The Morgan fingerprint density at radius 3 is 2.42 bits per heavy atom. The van der Waals surface area contributed by atoms with Crippen LogP contribution in [0.2, 0.25) is 0 Å². The van der Waals surface area contributed by atoms with Crippen LogP contribution in [0.15, 0.2) is 0 Å². The molecule has 0 saturated carbocycles. The molecule has 0 fully saturated rings. The molecular formula is C13H23N5O. The van der Waals surface area contributed by atoms with Gasteiger partial charge < -0.3 is 15.5 Å². The summed E-state index contributed by atoms with van der Waals surface area (Å²) in [4.78, 5) is 22.3. The van der Waals surface area contributed by atoms with Crippen molar-refractivity contribution in [3.8, 4) is 0 Å². The summed E-state index contributed by atoms with van der Waals surface area (Å²) in [7, 11) is 5.32. The zero-order valence-corrected chi connectivity index (χ0v) is 12.5. The summed E-state index contributed by atoms with van der Waals surface area (Å²) in [6, 6.07) is 0. The van der Waals surface area contributed by atoms with Gasteiger partial charge in [-0.3, -0.25) is 4.79 Å². The fraction of sp³-hybridized carbons (Fsp3) is 0.615. The Bertz CT molecular complexity index is 459. The Morgan fingerprint density at radius 1 is 1.32 bits per heavy atom. The quantitative estimate of drug-likeness (QED) is 0.835. The zero-order chi connectivity index (χ0) is 14.6. The first-order chi connectivity index (χ1) is 8.90. The molecular weight excluding hydrogens is 242 g/mol. The summed E-state index contributed by atoms with van der Waals surface area (Å²) in [6.45, 7) is 6.32. The van der Waals surface area contributed by atoms with E-state index in [4.69, 9.17) is 0 Å². The summed E-state index contributed by atoms with van der Waals surface area (Å²) in [5, 5.41) is 5.69. The lowest BCUT2D eigenvalue weighted by molar-refractivity contribution is -0.119. The van der Waals surface area contributed by atoms with Crippen LogP contribution < -0.4 is 15.5 Å². The van der Waals surface area contributed by atoms with Gasteiger partial charge >= 0.3 is 0 Å². The van der Waals surface area contributed by atoms with E-state index in [-0.39, 0.29) is 18.4 Å². The Kier molecular flexibility index (Phi) is 5.09. The van der Waals surface area contributed by atoms with Gasteiger partial charge in [-0.05, 0) is 6.92 Å². The summed E-state index contributed by atoms with van der Waals surface area (Å²) >= 11 is 0. The Labute approximate surface area is 114 Å². The average molecular weight is 265 g/mol. The summed E-state index contributed by atoms with van der Waals surface area (Å²) in [5.41, 5.74) is 0.943.